The molecule has 2 rings (SSSR count). The average molecular weight is 226 g/mol. The van der Waals surface area contributed by atoms with Crippen LogP contribution in [0, 0.1) is 17.3 Å². The standard InChI is InChI=1S/C13H22O3/c1-3-10-4-6-12(16,7-5-10)13(11(14)15)8-9(13)2/h9-10,16H,3-8H2,1-2H3,(H,14,15). The van der Waals surface area contributed by atoms with Gasteiger partial charge in [0.25, 0.3) is 0 Å². The van der Waals surface area contributed by atoms with Gasteiger partial charge in [0, 0.05) is 0 Å². The van der Waals surface area contributed by atoms with Crippen molar-refractivity contribution in [2.45, 2.75) is 58.0 Å². The van der Waals surface area contributed by atoms with E-state index in [1.165, 1.54) is 0 Å². The lowest BCUT2D eigenvalue weighted by Crippen LogP contribution is -2.48. The maximum atomic E-state index is 11.4. The first-order valence-electron chi connectivity index (χ1n) is 6.42. The van der Waals surface area contributed by atoms with Crippen LogP contribution in [0.3, 0.4) is 0 Å². The summed E-state index contributed by atoms with van der Waals surface area (Å²) >= 11 is 0. The first kappa shape index (κ1) is 11.9. The topological polar surface area (TPSA) is 57.5 Å². The van der Waals surface area contributed by atoms with Crippen LogP contribution in [0.1, 0.15) is 52.4 Å². The van der Waals surface area contributed by atoms with E-state index in [1.54, 1.807) is 0 Å². The highest BCUT2D eigenvalue weighted by Gasteiger charge is 2.69. The number of carbonyl (C=O) groups is 1. The van der Waals surface area contributed by atoms with Crippen LogP contribution >= 0.6 is 0 Å². The fraction of sp³-hybridized carbons (Fsp3) is 0.923. The molecular formula is C13H22O3. The second-order valence-electron chi connectivity index (χ2n) is 5.76. The molecule has 3 heteroatoms. The van der Waals surface area contributed by atoms with E-state index in [9.17, 15) is 15.0 Å². The molecule has 92 valence electrons. The predicted molar refractivity (Wildman–Crippen MR) is 61.0 cm³/mol. The monoisotopic (exact) mass is 226 g/mol. The van der Waals surface area contributed by atoms with Gasteiger partial charge in [-0.2, -0.15) is 0 Å². The van der Waals surface area contributed by atoms with E-state index in [0.717, 1.165) is 19.3 Å². The third-order valence-corrected chi connectivity index (χ3v) is 5.03. The molecule has 2 N–H and O–H groups in total. The molecule has 2 aliphatic carbocycles. The number of hydrogen-bond acceptors (Lipinski definition) is 2. The molecule has 2 saturated carbocycles. The summed E-state index contributed by atoms with van der Waals surface area (Å²) in [7, 11) is 0. The Kier molecular flexibility index (Phi) is 2.77. The summed E-state index contributed by atoms with van der Waals surface area (Å²) in [4.78, 5) is 11.4. The van der Waals surface area contributed by atoms with Crippen LogP contribution in [-0.4, -0.2) is 21.8 Å². The Morgan fingerprint density at radius 2 is 1.88 bits per heavy atom. The second kappa shape index (κ2) is 3.73. The molecule has 2 atom stereocenters. The minimum Gasteiger partial charge on any atom is -0.481 e. The Morgan fingerprint density at radius 3 is 2.19 bits per heavy atom. The summed E-state index contributed by atoms with van der Waals surface area (Å²) in [6.07, 6.45) is 5.09. The molecule has 0 heterocycles. The van der Waals surface area contributed by atoms with Crippen molar-refractivity contribution in [3.8, 4) is 0 Å². The molecule has 3 nitrogen and oxygen atoms in total. The highest BCUT2D eigenvalue weighted by molar-refractivity contribution is 5.80. The van der Waals surface area contributed by atoms with E-state index < -0.39 is 17.0 Å². The Balaban J connectivity index is 2.12. The molecule has 2 unspecified atom stereocenters. The molecule has 2 aliphatic rings. The fourth-order valence-electron chi connectivity index (χ4n) is 3.58. The van der Waals surface area contributed by atoms with Gasteiger partial charge in [-0.3, -0.25) is 4.79 Å². The summed E-state index contributed by atoms with van der Waals surface area (Å²) in [5.74, 6) is 0.0193. The van der Waals surface area contributed by atoms with E-state index >= 15 is 0 Å². The van der Waals surface area contributed by atoms with E-state index in [1.807, 2.05) is 6.92 Å². The molecular weight excluding hydrogens is 204 g/mol. The van der Waals surface area contributed by atoms with Crippen molar-refractivity contribution in [2.24, 2.45) is 17.3 Å². The zero-order valence-corrected chi connectivity index (χ0v) is 10.2. The Labute approximate surface area is 96.9 Å². The second-order valence-corrected chi connectivity index (χ2v) is 5.76. The zero-order chi connectivity index (χ0) is 12.0. The van der Waals surface area contributed by atoms with Crippen molar-refractivity contribution in [3.63, 3.8) is 0 Å². The normalized spacial score (nSPS) is 47.7. The van der Waals surface area contributed by atoms with Crippen LogP contribution in [0.5, 0.6) is 0 Å². The molecule has 2 fully saturated rings. The van der Waals surface area contributed by atoms with Gasteiger partial charge < -0.3 is 10.2 Å². The molecule has 0 aromatic heterocycles. The summed E-state index contributed by atoms with van der Waals surface area (Å²) < 4.78 is 0. The van der Waals surface area contributed by atoms with Crippen LogP contribution in [0.2, 0.25) is 0 Å². The van der Waals surface area contributed by atoms with Gasteiger partial charge in [-0.25, -0.2) is 0 Å². The third-order valence-electron chi connectivity index (χ3n) is 5.03. The lowest BCUT2D eigenvalue weighted by atomic mass is 9.69. The minimum absolute atomic E-state index is 0.133. The predicted octanol–water partition coefficient (Wildman–Crippen LogP) is 2.43. The lowest BCUT2D eigenvalue weighted by molar-refractivity contribution is -0.161. The molecule has 0 aromatic carbocycles. The van der Waals surface area contributed by atoms with E-state index in [4.69, 9.17) is 0 Å². The summed E-state index contributed by atoms with van der Waals surface area (Å²) in [6.45, 7) is 4.11. The number of hydrogen-bond donors (Lipinski definition) is 2. The van der Waals surface area contributed by atoms with Crippen molar-refractivity contribution in [3.05, 3.63) is 0 Å². The number of carboxylic acids is 1. The van der Waals surface area contributed by atoms with Crippen LogP contribution < -0.4 is 0 Å². The van der Waals surface area contributed by atoms with Gasteiger partial charge in [0.2, 0.25) is 0 Å². The van der Waals surface area contributed by atoms with Crippen molar-refractivity contribution >= 4 is 5.97 Å². The first-order valence-corrected chi connectivity index (χ1v) is 6.42. The van der Waals surface area contributed by atoms with Crippen LogP contribution in [0.4, 0.5) is 0 Å². The molecule has 0 aliphatic heterocycles. The van der Waals surface area contributed by atoms with Crippen LogP contribution in [0.15, 0.2) is 0 Å². The Morgan fingerprint density at radius 1 is 1.38 bits per heavy atom. The van der Waals surface area contributed by atoms with Gasteiger partial charge in [-0.15, -0.1) is 0 Å². The molecule has 0 radical (unpaired) electrons. The van der Waals surface area contributed by atoms with Gasteiger partial charge >= 0.3 is 5.97 Å². The number of carboxylic acid groups (broad SMARTS) is 1. The summed E-state index contributed by atoms with van der Waals surface area (Å²) in [6, 6.07) is 0. The van der Waals surface area contributed by atoms with E-state index in [-0.39, 0.29) is 5.92 Å². The quantitative estimate of drug-likeness (QED) is 0.777. The minimum atomic E-state index is -0.941. The summed E-state index contributed by atoms with van der Waals surface area (Å²) in [5, 5.41) is 20.0. The maximum absolute atomic E-state index is 11.4. The van der Waals surface area contributed by atoms with Crippen molar-refractivity contribution in [1.82, 2.24) is 0 Å². The van der Waals surface area contributed by atoms with Crippen molar-refractivity contribution < 1.29 is 15.0 Å². The summed E-state index contributed by atoms with van der Waals surface area (Å²) in [5.41, 5.74) is -1.77. The van der Waals surface area contributed by atoms with Crippen LogP contribution in [0.25, 0.3) is 0 Å². The number of aliphatic carboxylic acids is 1. The smallest absolute Gasteiger partial charge is 0.312 e. The number of rotatable bonds is 3. The molecule has 0 amide bonds. The van der Waals surface area contributed by atoms with Gasteiger partial charge in [0.05, 0.1) is 11.0 Å². The van der Waals surface area contributed by atoms with Gasteiger partial charge in [-0.05, 0) is 43.9 Å². The number of aliphatic hydroxyl groups is 1. The lowest BCUT2D eigenvalue weighted by Gasteiger charge is -2.40. The van der Waals surface area contributed by atoms with Crippen molar-refractivity contribution in [2.75, 3.05) is 0 Å². The molecule has 0 spiro atoms. The highest BCUT2D eigenvalue weighted by Crippen LogP contribution is 2.63. The highest BCUT2D eigenvalue weighted by atomic mass is 16.4. The van der Waals surface area contributed by atoms with Gasteiger partial charge in [0.1, 0.15) is 0 Å². The van der Waals surface area contributed by atoms with E-state index in [2.05, 4.69) is 6.92 Å². The van der Waals surface area contributed by atoms with Crippen LogP contribution in [-0.2, 0) is 4.79 Å². The van der Waals surface area contributed by atoms with E-state index in [0.29, 0.717) is 25.2 Å². The average Bonchev–Trinajstić information content (AvgIpc) is 2.93. The SMILES string of the molecule is CCC1CCC(O)(C2(C(=O)O)CC2C)CC1. The maximum Gasteiger partial charge on any atom is 0.312 e. The zero-order valence-electron chi connectivity index (χ0n) is 10.2. The molecule has 0 aromatic rings. The molecule has 16 heavy (non-hydrogen) atoms. The largest absolute Gasteiger partial charge is 0.481 e. The van der Waals surface area contributed by atoms with Crippen molar-refractivity contribution in [1.29, 1.82) is 0 Å². The van der Waals surface area contributed by atoms with Gasteiger partial charge in [0.15, 0.2) is 0 Å². The van der Waals surface area contributed by atoms with Gasteiger partial charge in [-0.1, -0.05) is 20.3 Å². The molecule has 0 bridgehead atoms. The third kappa shape index (κ3) is 1.48. The first-order chi connectivity index (χ1) is 7.46. The molecule has 0 saturated heterocycles. The Bertz CT molecular complexity index is 292. The Hall–Kier alpha value is -0.570. The fourth-order valence-corrected chi connectivity index (χ4v) is 3.58.